The van der Waals surface area contributed by atoms with Crippen molar-refractivity contribution in [1.82, 2.24) is 0 Å². The predicted octanol–water partition coefficient (Wildman–Crippen LogP) is 2.36. The zero-order valence-electron chi connectivity index (χ0n) is 12.0. The minimum Gasteiger partial charge on any atom is -0.465 e. The van der Waals surface area contributed by atoms with Gasteiger partial charge in [0.25, 0.3) is 5.69 Å². The molecule has 0 aliphatic carbocycles. The lowest BCUT2D eigenvalue weighted by Gasteiger charge is -2.14. The largest absolute Gasteiger partial charge is 0.465 e. The first-order valence-corrected chi connectivity index (χ1v) is 6.32. The quantitative estimate of drug-likeness (QED) is 0.472. The first-order chi connectivity index (χ1) is 9.90. The van der Waals surface area contributed by atoms with Crippen LogP contribution >= 0.6 is 0 Å². The molecular weight excluding hydrogens is 283 g/mol. The van der Waals surface area contributed by atoms with Gasteiger partial charge in [0.1, 0.15) is 11.5 Å². The third kappa shape index (κ3) is 4.38. The van der Waals surface area contributed by atoms with Gasteiger partial charge in [-0.25, -0.2) is 9.18 Å². The molecule has 116 valence electrons. The van der Waals surface area contributed by atoms with E-state index in [0.717, 1.165) is 13.2 Å². The SMILES string of the molecule is CCOC(C)CNc1cc(C(=O)OC)c(F)cc1[N+](=O)[O-]. The molecule has 0 spiro atoms. The number of nitro benzene ring substituents is 1. The molecule has 1 N–H and O–H groups in total. The van der Waals surface area contributed by atoms with Crippen LogP contribution in [0.5, 0.6) is 0 Å². The van der Waals surface area contributed by atoms with Crippen LogP contribution in [0, 0.1) is 15.9 Å². The molecule has 0 saturated heterocycles. The van der Waals surface area contributed by atoms with E-state index in [2.05, 4.69) is 10.1 Å². The summed E-state index contributed by atoms with van der Waals surface area (Å²) in [6, 6.07) is 1.76. The van der Waals surface area contributed by atoms with E-state index in [-0.39, 0.29) is 23.9 Å². The average Bonchev–Trinajstić information content (AvgIpc) is 2.44. The highest BCUT2D eigenvalue weighted by Gasteiger charge is 2.22. The van der Waals surface area contributed by atoms with Gasteiger partial charge in [-0.3, -0.25) is 10.1 Å². The number of hydrogen-bond acceptors (Lipinski definition) is 6. The van der Waals surface area contributed by atoms with Crippen LogP contribution in [0.2, 0.25) is 0 Å². The monoisotopic (exact) mass is 300 g/mol. The molecular formula is C13H17FN2O5. The van der Waals surface area contributed by atoms with E-state index in [1.807, 2.05) is 6.92 Å². The summed E-state index contributed by atoms with van der Waals surface area (Å²) in [5.74, 6) is -1.90. The average molecular weight is 300 g/mol. The van der Waals surface area contributed by atoms with Gasteiger partial charge in [-0.05, 0) is 19.9 Å². The van der Waals surface area contributed by atoms with Gasteiger partial charge in [0, 0.05) is 13.2 Å². The van der Waals surface area contributed by atoms with Crippen molar-refractivity contribution < 1.29 is 23.6 Å². The van der Waals surface area contributed by atoms with Crippen LogP contribution in [0.1, 0.15) is 24.2 Å². The Bertz CT molecular complexity index is 536. The van der Waals surface area contributed by atoms with Crippen LogP contribution in [-0.2, 0) is 9.47 Å². The number of rotatable bonds is 7. The molecule has 1 unspecified atom stereocenters. The summed E-state index contributed by atoms with van der Waals surface area (Å²) in [5, 5.41) is 13.7. The molecule has 0 aromatic heterocycles. The van der Waals surface area contributed by atoms with E-state index in [0.29, 0.717) is 12.7 Å². The number of nitrogens with zero attached hydrogens (tertiary/aromatic N) is 1. The molecule has 21 heavy (non-hydrogen) atoms. The normalized spacial score (nSPS) is 11.8. The number of benzene rings is 1. The minimum atomic E-state index is -1.00. The minimum absolute atomic E-state index is 0.0355. The number of nitro groups is 1. The second kappa shape index (κ2) is 7.53. The number of ether oxygens (including phenoxy) is 2. The topological polar surface area (TPSA) is 90.7 Å². The molecule has 1 atom stereocenters. The van der Waals surface area contributed by atoms with Gasteiger partial charge in [-0.1, -0.05) is 0 Å². The van der Waals surface area contributed by atoms with Crippen molar-refractivity contribution in [2.24, 2.45) is 0 Å². The molecule has 0 saturated carbocycles. The first-order valence-electron chi connectivity index (χ1n) is 6.32. The molecule has 0 heterocycles. The molecule has 1 rings (SSSR count). The number of carbonyl (C=O) groups is 1. The Morgan fingerprint density at radius 1 is 1.52 bits per heavy atom. The van der Waals surface area contributed by atoms with Gasteiger partial charge in [-0.2, -0.15) is 0 Å². The maximum Gasteiger partial charge on any atom is 0.340 e. The molecule has 1 aromatic rings. The fourth-order valence-electron chi connectivity index (χ4n) is 1.72. The van der Waals surface area contributed by atoms with E-state index in [9.17, 15) is 19.3 Å². The summed E-state index contributed by atoms with van der Waals surface area (Å²) in [4.78, 5) is 21.6. The van der Waals surface area contributed by atoms with Gasteiger partial charge in [-0.15, -0.1) is 0 Å². The lowest BCUT2D eigenvalue weighted by atomic mass is 10.1. The lowest BCUT2D eigenvalue weighted by Crippen LogP contribution is -2.20. The summed E-state index contributed by atoms with van der Waals surface area (Å²) in [6.45, 7) is 4.39. The van der Waals surface area contributed by atoms with Crippen molar-refractivity contribution in [2.45, 2.75) is 20.0 Å². The molecule has 8 heteroatoms. The van der Waals surface area contributed by atoms with Crippen LogP contribution in [0.3, 0.4) is 0 Å². The van der Waals surface area contributed by atoms with E-state index >= 15 is 0 Å². The summed E-state index contributed by atoms with van der Waals surface area (Å²) in [5.41, 5.74) is -0.785. The Morgan fingerprint density at radius 2 is 2.19 bits per heavy atom. The van der Waals surface area contributed by atoms with Crippen molar-refractivity contribution in [1.29, 1.82) is 0 Å². The van der Waals surface area contributed by atoms with Crippen LogP contribution in [-0.4, -0.2) is 37.3 Å². The number of halogens is 1. The van der Waals surface area contributed by atoms with Crippen LogP contribution in [0.4, 0.5) is 15.8 Å². The fourth-order valence-corrected chi connectivity index (χ4v) is 1.72. The Labute approximate surface area is 121 Å². The van der Waals surface area contributed by atoms with Crippen molar-refractivity contribution in [3.8, 4) is 0 Å². The zero-order valence-corrected chi connectivity index (χ0v) is 12.0. The Balaban J connectivity index is 3.08. The lowest BCUT2D eigenvalue weighted by molar-refractivity contribution is -0.384. The number of nitrogens with one attached hydrogen (secondary N) is 1. The van der Waals surface area contributed by atoms with Gasteiger partial charge in [0.2, 0.25) is 0 Å². The number of carbonyl (C=O) groups excluding carboxylic acids is 1. The molecule has 0 aliphatic rings. The van der Waals surface area contributed by atoms with Crippen LogP contribution in [0.15, 0.2) is 12.1 Å². The fraction of sp³-hybridized carbons (Fsp3) is 0.462. The summed E-state index contributed by atoms with van der Waals surface area (Å²) >= 11 is 0. The molecule has 7 nitrogen and oxygen atoms in total. The van der Waals surface area contributed by atoms with Crippen molar-refractivity contribution in [3.63, 3.8) is 0 Å². The highest BCUT2D eigenvalue weighted by molar-refractivity contribution is 5.91. The number of hydrogen-bond donors (Lipinski definition) is 1. The van der Waals surface area contributed by atoms with Crippen LogP contribution < -0.4 is 5.32 Å². The smallest absolute Gasteiger partial charge is 0.340 e. The summed E-state index contributed by atoms with van der Waals surface area (Å²) in [6.07, 6.45) is -0.193. The van der Waals surface area contributed by atoms with Crippen molar-refractivity contribution >= 4 is 17.3 Å². The van der Waals surface area contributed by atoms with Crippen molar-refractivity contribution in [2.75, 3.05) is 25.6 Å². The maximum absolute atomic E-state index is 13.7. The van der Waals surface area contributed by atoms with Gasteiger partial charge >= 0.3 is 5.97 Å². The van der Waals surface area contributed by atoms with Crippen molar-refractivity contribution in [3.05, 3.63) is 33.6 Å². The van der Waals surface area contributed by atoms with E-state index in [4.69, 9.17) is 4.74 Å². The molecule has 0 bridgehead atoms. The molecule has 0 radical (unpaired) electrons. The highest BCUT2D eigenvalue weighted by Crippen LogP contribution is 2.28. The number of esters is 1. The molecule has 0 amide bonds. The maximum atomic E-state index is 13.7. The van der Waals surface area contributed by atoms with Gasteiger partial charge in [0.05, 0.1) is 29.8 Å². The number of methoxy groups -OCH3 is 1. The Kier molecular flexibility index (Phi) is 6.04. The Morgan fingerprint density at radius 3 is 2.71 bits per heavy atom. The third-order valence-electron chi connectivity index (χ3n) is 2.72. The second-order valence-electron chi connectivity index (χ2n) is 4.24. The second-order valence-corrected chi connectivity index (χ2v) is 4.24. The Hall–Kier alpha value is -2.22. The zero-order chi connectivity index (χ0) is 16.0. The third-order valence-corrected chi connectivity index (χ3v) is 2.72. The molecule has 0 aliphatic heterocycles. The number of anilines is 1. The van der Waals surface area contributed by atoms with Gasteiger partial charge < -0.3 is 14.8 Å². The van der Waals surface area contributed by atoms with E-state index < -0.39 is 22.4 Å². The molecule has 1 aromatic carbocycles. The standard InChI is InChI=1S/C13H17FN2O5/c1-4-21-8(2)7-15-11-5-9(13(17)20-3)10(14)6-12(11)16(18)19/h5-6,8,15H,4,7H2,1-3H3. The predicted molar refractivity (Wildman–Crippen MR) is 74.0 cm³/mol. The van der Waals surface area contributed by atoms with E-state index in [1.165, 1.54) is 0 Å². The highest BCUT2D eigenvalue weighted by atomic mass is 19.1. The van der Waals surface area contributed by atoms with Crippen LogP contribution in [0.25, 0.3) is 0 Å². The summed E-state index contributed by atoms with van der Waals surface area (Å²) in [7, 11) is 1.10. The molecule has 0 fully saturated rings. The van der Waals surface area contributed by atoms with E-state index in [1.54, 1.807) is 6.92 Å². The first kappa shape index (κ1) is 16.8. The van der Waals surface area contributed by atoms with Gasteiger partial charge in [0.15, 0.2) is 0 Å². The summed E-state index contributed by atoms with van der Waals surface area (Å²) < 4.78 is 23.4.